The van der Waals surface area contributed by atoms with Crippen molar-refractivity contribution < 1.29 is 0 Å². The molecule has 1 nitrogen and oxygen atoms in total. The van der Waals surface area contributed by atoms with Crippen LogP contribution in [0, 0.1) is 11.3 Å². The van der Waals surface area contributed by atoms with Crippen LogP contribution < -0.4 is 5.32 Å². The van der Waals surface area contributed by atoms with E-state index < -0.39 is 0 Å². The van der Waals surface area contributed by atoms with Gasteiger partial charge < -0.3 is 5.32 Å². The van der Waals surface area contributed by atoms with Crippen LogP contribution >= 0.6 is 0 Å². The van der Waals surface area contributed by atoms with E-state index in [1.165, 1.54) is 31.4 Å². The number of nitrogens with one attached hydrogen (secondary N) is 1. The summed E-state index contributed by atoms with van der Waals surface area (Å²) in [5.41, 5.74) is 2.22. The van der Waals surface area contributed by atoms with Gasteiger partial charge in [-0.3, -0.25) is 0 Å². The molecule has 74 valence electrons. The molecule has 13 heavy (non-hydrogen) atoms. The quantitative estimate of drug-likeness (QED) is 0.564. The molecule has 0 radical (unpaired) electrons. The largest absolute Gasteiger partial charge is 0.310 e. The summed E-state index contributed by atoms with van der Waals surface area (Å²) in [6.07, 6.45) is 3.82. The molecule has 1 heteroatoms. The van der Waals surface area contributed by atoms with Crippen LogP contribution in [0.25, 0.3) is 0 Å². The van der Waals surface area contributed by atoms with Gasteiger partial charge >= 0.3 is 0 Å². The highest BCUT2D eigenvalue weighted by Crippen LogP contribution is 2.53. The molecule has 0 amide bonds. The highest BCUT2D eigenvalue weighted by atomic mass is 15.1. The lowest BCUT2D eigenvalue weighted by Crippen LogP contribution is -2.52. The molecule has 1 heterocycles. The average molecular weight is 179 g/mol. The fourth-order valence-corrected chi connectivity index (χ4v) is 3.32. The van der Waals surface area contributed by atoms with E-state index in [1.807, 2.05) is 0 Å². The first-order valence-electron chi connectivity index (χ1n) is 5.40. The van der Waals surface area contributed by atoms with Gasteiger partial charge in [0.2, 0.25) is 0 Å². The van der Waals surface area contributed by atoms with Crippen molar-refractivity contribution in [1.29, 1.82) is 0 Å². The van der Waals surface area contributed by atoms with E-state index >= 15 is 0 Å². The zero-order chi connectivity index (χ0) is 9.69. The van der Waals surface area contributed by atoms with E-state index in [2.05, 4.69) is 32.7 Å². The monoisotopic (exact) mass is 179 g/mol. The van der Waals surface area contributed by atoms with Crippen molar-refractivity contribution in [3.8, 4) is 0 Å². The van der Waals surface area contributed by atoms with Crippen molar-refractivity contribution in [2.75, 3.05) is 6.54 Å². The molecule has 2 atom stereocenters. The van der Waals surface area contributed by atoms with E-state index in [9.17, 15) is 0 Å². The first kappa shape index (κ1) is 9.26. The lowest BCUT2D eigenvalue weighted by atomic mass is 9.68. The van der Waals surface area contributed by atoms with Gasteiger partial charge in [-0.1, -0.05) is 32.9 Å². The van der Waals surface area contributed by atoms with Crippen molar-refractivity contribution in [3.05, 3.63) is 12.2 Å². The van der Waals surface area contributed by atoms with Crippen LogP contribution in [0.1, 0.15) is 40.0 Å². The molecule has 0 aromatic heterocycles. The Labute approximate surface area is 81.6 Å². The molecule has 1 N–H and O–H groups in total. The summed E-state index contributed by atoms with van der Waals surface area (Å²) >= 11 is 0. The van der Waals surface area contributed by atoms with Gasteiger partial charge in [-0.2, -0.15) is 0 Å². The van der Waals surface area contributed by atoms with Gasteiger partial charge in [0.25, 0.3) is 0 Å². The Morgan fingerprint density at radius 3 is 2.69 bits per heavy atom. The molecule has 0 aromatic carbocycles. The van der Waals surface area contributed by atoms with Crippen LogP contribution in [-0.4, -0.2) is 12.1 Å². The van der Waals surface area contributed by atoms with Crippen molar-refractivity contribution in [2.24, 2.45) is 11.3 Å². The minimum atomic E-state index is 0.365. The summed E-state index contributed by atoms with van der Waals surface area (Å²) in [4.78, 5) is 0. The average Bonchev–Trinajstić information content (AvgIpc) is 2.51. The Hall–Kier alpha value is -0.300. The molecule has 2 fully saturated rings. The van der Waals surface area contributed by atoms with Gasteiger partial charge in [0.1, 0.15) is 0 Å². The topological polar surface area (TPSA) is 12.0 Å². The first-order chi connectivity index (χ1) is 5.97. The molecule has 0 bridgehead atoms. The van der Waals surface area contributed by atoms with E-state index in [0.717, 1.165) is 5.92 Å². The predicted octanol–water partition coefficient (Wildman–Crippen LogP) is 2.73. The third-order valence-corrected chi connectivity index (χ3v) is 4.14. The lowest BCUT2D eigenvalue weighted by molar-refractivity contribution is 0.139. The predicted molar refractivity (Wildman–Crippen MR) is 56.7 cm³/mol. The second kappa shape index (κ2) is 2.60. The fourth-order valence-electron chi connectivity index (χ4n) is 3.32. The van der Waals surface area contributed by atoms with Gasteiger partial charge in [0, 0.05) is 5.54 Å². The maximum Gasteiger partial charge on any atom is 0.0298 e. The normalized spacial score (nSPS) is 39.6. The van der Waals surface area contributed by atoms with Crippen molar-refractivity contribution in [3.63, 3.8) is 0 Å². The minimum absolute atomic E-state index is 0.365. The highest BCUT2D eigenvalue weighted by Gasteiger charge is 2.54. The minimum Gasteiger partial charge on any atom is -0.310 e. The maximum absolute atomic E-state index is 4.22. The smallest absolute Gasteiger partial charge is 0.0298 e. The van der Waals surface area contributed by atoms with E-state index in [1.54, 1.807) is 0 Å². The Bertz CT molecular complexity index is 236. The van der Waals surface area contributed by atoms with Crippen LogP contribution in [0.2, 0.25) is 0 Å². The van der Waals surface area contributed by atoms with Crippen molar-refractivity contribution in [2.45, 2.75) is 45.6 Å². The maximum atomic E-state index is 4.22. The van der Waals surface area contributed by atoms with Gasteiger partial charge in [-0.05, 0) is 37.1 Å². The van der Waals surface area contributed by atoms with Gasteiger partial charge in [0.05, 0.1) is 0 Å². The third kappa shape index (κ3) is 1.10. The van der Waals surface area contributed by atoms with Crippen molar-refractivity contribution in [1.82, 2.24) is 5.32 Å². The molecular formula is C12H21N. The zero-order valence-electron chi connectivity index (χ0n) is 9.11. The zero-order valence-corrected chi connectivity index (χ0v) is 9.11. The molecule has 0 aromatic rings. The Kier molecular flexibility index (Phi) is 1.85. The second-order valence-corrected chi connectivity index (χ2v) is 5.65. The van der Waals surface area contributed by atoms with E-state index in [-0.39, 0.29) is 0 Å². The van der Waals surface area contributed by atoms with Crippen LogP contribution in [-0.2, 0) is 0 Å². The van der Waals surface area contributed by atoms with Gasteiger partial charge in [-0.15, -0.1) is 0 Å². The fraction of sp³-hybridized carbons (Fsp3) is 0.833. The van der Waals surface area contributed by atoms with Crippen LogP contribution in [0.5, 0.6) is 0 Å². The second-order valence-electron chi connectivity index (χ2n) is 5.65. The molecular weight excluding hydrogens is 158 g/mol. The van der Waals surface area contributed by atoms with Crippen LogP contribution in [0.3, 0.4) is 0 Å². The summed E-state index contributed by atoms with van der Waals surface area (Å²) in [5.74, 6) is 0.743. The van der Waals surface area contributed by atoms with E-state index in [4.69, 9.17) is 0 Å². The SMILES string of the molecule is C=C1CCC2(C(C)(C)C)NCCC12. The standard InChI is InChI=1S/C12H21N/c1-9-5-7-12(11(2,3)4)10(9)6-8-13-12/h10,13H,1,5-8H2,2-4H3. The van der Waals surface area contributed by atoms with Gasteiger partial charge in [0.15, 0.2) is 0 Å². The molecule has 1 aliphatic heterocycles. The van der Waals surface area contributed by atoms with Gasteiger partial charge in [-0.25, -0.2) is 0 Å². The lowest BCUT2D eigenvalue weighted by Gasteiger charge is -2.43. The molecule has 1 saturated heterocycles. The summed E-state index contributed by atoms with van der Waals surface area (Å²) in [5, 5.41) is 3.74. The number of hydrogen-bond donors (Lipinski definition) is 1. The number of fused-ring (bicyclic) bond motifs is 1. The summed E-state index contributed by atoms with van der Waals surface area (Å²) in [6.45, 7) is 12.5. The van der Waals surface area contributed by atoms with Crippen LogP contribution in [0.4, 0.5) is 0 Å². The molecule has 1 aliphatic carbocycles. The molecule has 1 saturated carbocycles. The van der Waals surface area contributed by atoms with Crippen LogP contribution in [0.15, 0.2) is 12.2 Å². The Morgan fingerprint density at radius 1 is 1.46 bits per heavy atom. The first-order valence-corrected chi connectivity index (χ1v) is 5.40. The molecule has 2 unspecified atom stereocenters. The summed E-state index contributed by atoms with van der Waals surface area (Å²) < 4.78 is 0. The van der Waals surface area contributed by atoms with E-state index in [0.29, 0.717) is 11.0 Å². The molecule has 0 spiro atoms. The third-order valence-electron chi connectivity index (χ3n) is 4.14. The molecule has 2 rings (SSSR count). The van der Waals surface area contributed by atoms with Crippen molar-refractivity contribution >= 4 is 0 Å². The molecule has 2 aliphatic rings. The Morgan fingerprint density at radius 2 is 2.15 bits per heavy atom. The highest BCUT2D eigenvalue weighted by molar-refractivity contribution is 5.24. The number of rotatable bonds is 0. The summed E-state index contributed by atoms with van der Waals surface area (Å²) in [6, 6.07) is 0. The Balaban J connectivity index is 2.36. The number of hydrogen-bond acceptors (Lipinski definition) is 1. The summed E-state index contributed by atoms with van der Waals surface area (Å²) in [7, 11) is 0.